The van der Waals surface area contributed by atoms with Crippen molar-refractivity contribution < 1.29 is 0 Å². The molecular formula is C72H61BN2. The molecule has 2 saturated carbocycles. The molecule has 75 heavy (non-hydrogen) atoms. The third-order valence-electron chi connectivity index (χ3n) is 17.2. The van der Waals surface area contributed by atoms with Gasteiger partial charge >= 0.3 is 0 Å². The van der Waals surface area contributed by atoms with Crippen molar-refractivity contribution in [1.82, 2.24) is 0 Å². The van der Waals surface area contributed by atoms with Crippen molar-refractivity contribution in [3.05, 3.63) is 248 Å². The third-order valence-corrected chi connectivity index (χ3v) is 17.2. The van der Waals surface area contributed by atoms with E-state index in [9.17, 15) is 0 Å². The summed E-state index contributed by atoms with van der Waals surface area (Å²) in [4.78, 5) is 5.36. The molecule has 14 rings (SSSR count). The average Bonchev–Trinajstić information content (AvgIpc) is 3.50. The van der Waals surface area contributed by atoms with E-state index < -0.39 is 0 Å². The van der Waals surface area contributed by atoms with Crippen LogP contribution in [0.15, 0.2) is 237 Å². The lowest BCUT2D eigenvalue weighted by Crippen LogP contribution is -2.61. The molecule has 0 amide bonds. The molecule has 2 nitrogen and oxygen atoms in total. The first kappa shape index (κ1) is 45.5. The van der Waals surface area contributed by atoms with Gasteiger partial charge in [0.15, 0.2) is 0 Å². The van der Waals surface area contributed by atoms with Gasteiger partial charge < -0.3 is 9.80 Å². The molecule has 0 atom stereocenters. The van der Waals surface area contributed by atoms with E-state index in [2.05, 4.69) is 246 Å². The highest BCUT2D eigenvalue weighted by atomic mass is 15.2. The Morgan fingerprint density at radius 2 is 0.573 bits per heavy atom. The zero-order valence-electron chi connectivity index (χ0n) is 42.7. The fourth-order valence-electron chi connectivity index (χ4n) is 13.4. The molecule has 10 aromatic rings. The lowest BCUT2D eigenvalue weighted by atomic mass is 9.33. The zero-order chi connectivity index (χ0) is 49.7. The average molecular weight is 965 g/mol. The van der Waals surface area contributed by atoms with Crippen LogP contribution >= 0.6 is 0 Å². The number of hydrogen-bond donors (Lipinski definition) is 0. The predicted molar refractivity (Wildman–Crippen MR) is 319 cm³/mol. The van der Waals surface area contributed by atoms with Crippen molar-refractivity contribution >= 4 is 57.2 Å². The fraction of sp³-hybridized carbons (Fsp3) is 0.167. The van der Waals surface area contributed by atoms with Crippen LogP contribution in [0.1, 0.15) is 87.2 Å². The zero-order valence-corrected chi connectivity index (χ0v) is 42.7. The molecule has 2 fully saturated rings. The number of fused-ring (bicyclic) bond motifs is 4. The van der Waals surface area contributed by atoms with Crippen molar-refractivity contribution in [3.63, 3.8) is 0 Å². The van der Waals surface area contributed by atoms with Crippen molar-refractivity contribution in [2.45, 2.75) is 76.0 Å². The van der Waals surface area contributed by atoms with Crippen LogP contribution in [0.4, 0.5) is 34.1 Å². The largest absolute Gasteiger partial charge is 0.311 e. The van der Waals surface area contributed by atoms with Crippen LogP contribution in [-0.4, -0.2) is 6.71 Å². The first-order chi connectivity index (χ1) is 37.2. The maximum absolute atomic E-state index is 2.68. The summed E-state index contributed by atoms with van der Waals surface area (Å²) in [5.41, 5.74) is 26.6. The van der Waals surface area contributed by atoms with Gasteiger partial charge in [0.25, 0.3) is 6.71 Å². The Morgan fingerprint density at radius 3 is 0.893 bits per heavy atom. The molecular weight excluding hydrogens is 904 g/mol. The summed E-state index contributed by atoms with van der Waals surface area (Å²) >= 11 is 0. The Kier molecular flexibility index (Phi) is 11.9. The van der Waals surface area contributed by atoms with Gasteiger partial charge in [0.05, 0.1) is 0 Å². The quantitative estimate of drug-likeness (QED) is 0.133. The molecule has 0 radical (unpaired) electrons. The van der Waals surface area contributed by atoms with Crippen LogP contribution in [0.3, 0.4) is 0 Å². The molecule has 4 aliphatic rings. The van der Waals surface area contributed by atoms with Crippen LogP contribution in [0.5, 0.6) is 0 Å². The van der Waals surface area contributed by atoms with E-state index in [1.54, 1.807) is 0 Å². The first-order valence-electron chi connectivity index (χ1n) is 27.8. The van der Waals surface area contributed by atoms with E-state index in [0.717, 1.165) is 0 Å². The van der Waals surface area contributed by atoms with Crippen LogP contribution in [0.2, 0.25) is 0 Å². The second-order valence-electron chi connectivity index (χ2n) is 21.7. The van der Waals surface area contributed by atoms with Gasteiger partial charge in [-0.2, -0.15) is 0 Å². The van der Waals surface area contributed by atoms with Crippen LogP contribution in [0, 0.1) is 0 Å². The van der Waals surface area contributed by atoms with Crippen molar-refractivity contribution in [2.24, 2.45) is 0 Å². The molecule has 0 aromatic heterocycles. The Labute approximate surface area is 444 Å². The molecule has 10 aromatic carbocycles. The van der Waals surface area contributed by atoms with Crippen molar-refractivity contribution in [2.75, 3.05) is 9.80 Å². The molecule has 362 valence electrons. The van der Waals surface area contributed by atoms with Gasteiger partial charge in [-0.05, 0) is 181 Å². The van der Waals surface area contributed by atoms with E-state index in [1.807, 2.05) is 0 Å². The lowest BCUT2D eigenvalue weighted by molar-refractivity contribution is 0.444. The van der Waals surface area contributed by atoms with Gasteiger partial charge in [0.1, 0.15) is 0 Å². The maximum atomic E-state index is 2.68. The molecule has 0 spiro atoms. The second-order valence-corrected chi connectivity index (χ2v) is 21.7. The van der Waals surface area contributed by atoms with Gasteiger partial charge in [-0.3, -0.25) is 0 Å². The maximum Gasteiger partial charge on any atom is 0.252 e. The first-order valence-corrected chi connectivity index (χ1v) is 27.8. The molecule has 2 heterocycles. The van der Waals surface area contributed by atoms with Gasteiger partial charge in [-0.25, -0.2) is 0 Å². The van der Waals surface area contributed by atoms with E-state index in [0.29, 0.717) is 11.8 Å². The van der Waals surface area contributed by atoms with Gasteiger partial charge in [-0.15, -0.1) is 0 Å². The highest BCUT2D eigenvalue weighted by molar-refractivity contribution is 7.00. The van der Waals surface area contributed by atoms with Gasteiger partial charge in [0, 0.05) is 34.1 Å². The minimum atomic E-state index is 0.00920. The Morgan fingerprint density at radius 1 is 0.267 bits per heavy atom. The number of benzene rings is 10. The van der Waals surface area contributed by atoms with Gasteiger partial charge in [0.2, 0.25) is 0 Å². The van der Waals surface area contributed by atoms with Crippen LogP contribution in [-0.2, 0) is 0 Å². The number of anilines is 6. The molecule has 0 bridgehead atoms. The standard InChI is InChI=1S/C72H61BN2/c1-8-22-50(23-9-1)57-36-38-66-68(46-57)74(64-42-59(52-26-12-3-13-27-52)40-60(43-64)53-28-14-4-15-29-53)70-48-63(56-34-20-7-21-35-56)49-71-72(70)73(66)67-39-37-58(51-24-10-2-11-25-51)47-69(67)75(71)65-44-61(54-30-16-5-17-31-54)41-62(45-65)55-32-18-6-19-33-55/h3-7,12-21,26-51H,1-2,8-11,22-25H2. The molecule has 2 aliphatic carbocycles. The Bertz CT molecular complexity index is 3340. The van der Waals surface area contributed by atoms with E-state index in [1.165, 1.54) is 181 Å². The Balaban J connectivity index is 1.09. The minimum Gasteiger partial charge on any atom is -0.311 e. The molecule has 3 heteroatoms. The topological polar surface area (TPSA) is 6.48 Å². The number of hydrogen-bond acceptors (Lipinski definition) is 2. The summed E-state index contributed by atoms with van der Waals surface area (Å²) in [5, 5.41) is 0. The third kappa shape index (κ3) is 8.49. The SMILES string of the molecule is c1ccc(-c2cc(-c3ccccc3)cc(N3c4cc(C5CCCCC5)ccc4B4c5ccc(C6CCCCC6)cc5N(c5cc(-c6ccccc6)cc(-c6ccccc6)c5)c5cc(-c6ccccc6)cc3c54)c2)cc1. The van der Waals surface area contributed by atoms with Crippen LogP contribution in [0.25, 0.3) is 55.6 Å². The van der Waals surface area contributed by atoms with Crippen molar-refractivity contribution in [3.8, 4) is 55.6 Å². The van der Waals surface area contributed by atoms with E-state index >= 15 is 0 Å². The smallest absolute Gasteiger partial charge is 0.252 e. The summed E-state index contributed by atoms with van der Waals surface area (Å²) in [6.07, 6.45) is 12.8. The predicted octanol–water partition coefficient (Wildman–Crippen LogP) is 18.2. The Hall–Kier alpha value is -8.14. The fourth-order valence-corrected chi connectivity index (χ4v) is 13.4. The summed E-state index contributed by atoms with van der Waals surface area (Å²) in [7, 11) is 0. The summed E-state index contributed by atoms with van der Waals surface area (Å²) in [6.45, 7) is 0.00920. The van der Waals surface area contributed by atoms with E-state index in [-0.39, 0.29) is 6.71 Å². The minimum absolute atomic E-state index is 0.00920. The van der Waals surface area contributed by atoms with E-state index in [4.69, 9.17) is 0 Å². The molecule has 0 unspecified atom stereocenters. The van der Waals surface area contributed by atoms with Crippen molar-refractivity contribution in [1.29, 1.82) is 0 Å². The molecule has 0 saturated heterocycles. The normalized spacial score (nSPS) is 15.3. The lowest BCUT2D eigenvalue weighted by Gasteiger charge is -2.45. The number of nitrogens with zero attached hydrogens (tertiary/aromatic N) is 2. The highest BCUT2D eigenvalue weighted by Crippen LogP contribution is 2.50. The summed E-state index contributed by atoms with van der Waals surface area (Å²) in [6, 6.07) is 90.1. The summed E-state index contributed by atoms with van der Waals surface area (Å²) < 4.78 is 0. The molecule has 0 N–H and O–H groups in total. The number of rotatable bonds is 9. The highest BCUT2D eigenvalue weighted by Gasteiger charge is 2.44. The summed E-state index contributed by atoms with van der Waals surface area (Å²) in [5.74, 6) is 1.11. The molecule has 2 aliphatic heterocycles. The second kappa shape index (κ2) is 19.6. The monoisotopic (exact) mass is 964 g/mol. The van der Waals surface area contributed by atoms with Gasteiger partial charge in [-0.1, -0.05) is 214 Å². The van der Waals surface area contributed by atoms with Crippen LogP contribution < -0.4 is 26.2 Å².